The summed E-state index contributed by atoms with van der Waals surface area (Å²) in [5.41, 5.74) is 2.77. The van der Waals surface area contributed by atoms with E-state index in [0.717, 1.165) is 29.8 Å². The lowest BCUT2D eigenvalue weighted by Gasteiger charge is -2.18. The highest BCUT2D eigenvalue weighted by Crippen LogP contribution is 2.19. The number of benzene rings is 1. The van der Waals surface area contributed by atoms with Gasteiger partial charge in [0.2, 0.25) is 0 Å². The average molecular weight is 336 g/mol. The lowest BCUT2D eigenvalue weighted by Crippen LogP contribution is -2.27. The third-order valence-electron chi connectivity index (χ3n) is 4.37. The van der Waals surface area contributed by atoms with E-state index in [-0.39, 0.29) is 5.91 Å². The molecule has 0 aliphatic carbocycles. The topological polar surface area (TPSA) is 51.0 Å². The molecule has 1 aromatic carbocycles. The zero-order chi connectivity index (χ0) is 17.6. The predicted octanol–water partition coefficient (Wildman–Crippen LogP) is 3.89. The van der Waals surface area contributed by atoms with Crippen molar-refractivity contribution in [3.05, 3.63) is 60.2 Å². The zero-order valence-corrected chi connectivity index (χ0v) is 14.9. The molecule has 0 saturated heterocycles. The summed E-state index contributed by atoms with van der Waals surface area (Å²) in [5, 5.41) is 0. The van der Waals surface area contributed by atoms with Gasteiger partial charge in [0.1, 0.15) is 5.82 Å². The van der Waals surface area contributed by atoms with Crippen molar-refractivity contribution in [3.63, 3.8) is 0 Å². The molecule has 0 saturated carbocycles. The molecule has 5 nitrogen and oxygen atoms in total. The van der Waals surface area contributed by atoms with Crippen molar-refractivity contribution in [2.75, 3.05) is 7.05 Å². The van der Waals surface area contributed by atoms with E-state index in [1.807, 2.05) is 25.2 Å². The molecular formula is C20H24N4O. The summed E-state index contributed by atoms with van der Waals surface area (Å²) < 4.78 is 2.25. The molecule has 0 aliphatic heterocycles. The lowest BCUT2D eigenvalue weighted by molar-refractivity contribution is 0.0780. The number of imidazole rings is 1. The maximum Gasteiger partial charge on any atom is 0.254 e. The summed E-state index contributed by atoms with van der Waals surface area (Å²) in [6.07, 6.45) is 6.77. The van der Waals surface area contributed by atoms with Crippen molar-refractivity contribution >= 4 is 16.9 Å². The van der Waals surface area contributed by atoms with Crippen molar-refractivity contribution in [2.45, 2.75) is 39.3 Å². The number of fused-ring (bicyclic) bond motifs is 1. The summed E-state index contributed by atoms with van der Waals surface area (Å²) >= 11 is 0. The van der Waals surface area contributed by atoms with Gasteiger partial charge in [-0.3, -0.25) is 9.78 Å². The molecule has 1 amide bonds. The Kier molecular flexibility index (Phi) is 5.43. The molecule has 0 unspecified atom stereocenters. The third kappa shape index (κ3) is 3.87. The molecule has 3 rings (SSSR count). The first-order valence-corrected chi connectivity index (χ1v) is 8.80. The van der Waals surface area contributed by atoms with Crippen LogP contribution in [0.4, 0.5) is 0 Å². The molecule has 25 heavy (non-hydrogen) atoms. The molecule has 5 heteroatoms. The Balaban J connectivity index is 1.84. The van der Waals surface area contributed by atoms with E-state index in [1.54, 1.807) is 29.4 Å². The number of carbonyl (C=O) groups excluding carboxylic acids is 1. The van der Waals surface area contributed by atoms with E-state index in [0.29, 0.717) is 12.1 Å². The summed E-state index contributed by atoms with van der Waals surface area (Å²) in [5.74, 6) is 0.914. The minimum Gasteiger partial charge on any atom is -0.334 e. The van der Waals surface area contributed by atoms with E-state index in [1.165, 1.54) is 12.8 Å². The van der Waals surface area contributed by atoms with Gasteiger partial charge in [0.05, 0.1) is 17.6 Å². The Bertz CT molecular complexity index is 841. The molecule has 0 atom stereocenters. The van der Waals surface area contributed by atoms with Crippen molar-refractivity contribution in [3.8, 4) is 0 Å². The van der Waals surface area contributed by atoms with Crippen LogP contribution in [0.3, 0.4) is 0 Å². The van der Waals surface area contributed by atoms with E-state index < -0.39 is 0 Å². The molecule has 0 fully saturated rings. The number of aromatic nitrogens is 3. The number of aryl methyl sites for hydroxylation is 1. The molecule has 0 spiro atoms. The van der Waals surface area contributed by atoms with E-state index in [2.05, 4.69) is 22.5 Å². The Morgan fingerprint density at radius 1 is 1.12 bits per heavy atom. The van der Waals surface area contributed by atoms with Crippen molar-refractivity contribution < 1.29 is 4.79 Å². The van der Waals surface area contributed by atoms with Gasteiger partial charge in [-0.15, -0.1) is 0 Å². The Morgan fingerprint density at radius 3 is 2.64 bits per heavy atom. The third-order valence-corrected chi connectivity index (χ3v) is 4.37. The fourth-order valence-corrected chi connectivity index (χ4v) is 3.01. The highest BCUT2D eigenvalue weighted by atomic mass is 16.2. The first kappa shape index (κ1) is 17.1. The number of para-hydroxylation sites is 2. The average Bonchev–Trinajstić information content (AvgIpc) is 2.99. The number of pyridine rings is 1. The van der Waals surface area contributed by atoms with Crippen LogP contribution < -0.4 is 0 Å². The van der Waals surface area contributed by atoms with Crippen LogP contribution in [0.15, 0.2) is 48.8 Å². The van der Waals surface area contributed by atoms with Gasteiger partial charge >= 0.3 is 0 Å². The minimum absolute atomic E-state index is 0.0189. The van der Waals surface area contributed by atoms with Crippen LogP contribution in [-0.2, 0) is 13.1 Å². The maximum atomic E-state index is 12.6. The van der Waals surface area contributed by atoms with Gasteiger partial charge in [-0.2, -0.15) is 0 Å². The quantitative estimate of drug-likeness (QED) is 0.615. The predicted molar refractivity (Wildman–Crippen MR) is 99.3 cm³/mol. The molecular weight excluding hydrogens is 312 g/mol. The lowest BCUT2D eigenvalue weighted by atomic mass is 10.2. The molecule has 0 bridgehead atoms. The Labute approximate surface area is 148 Å². The Hall–Kier alpha value is -2.69. The summed E-state index contributed by atoms with van der Waals surface area (Å²) in [4.78, 5) is 23.0. The Morgan fingerprint density at radius 2 is 1.88 bits per heavy atom. The number of unbranched alkanes of at least 4 members (excludes halogenated alkanes) is 2. The smallest absolute Gasteiger partial charge is 0.254 e. The number of amides is 1. The summed E-state index contributed by atoms with van der Waals surface area (Å²) in [6, 6.07) is 11.6. The molecule has 2 aromatic heterocycles. The van der Waals surface area contributed by atoms with E-state index in [4.69, 9.17) is 4.98 Å². The normalized spacial score (nSPS) is 11.0. The second-order valence-electron chi connectivity index (χ2n) is 6.27. The highest BCUT2D eigenvalue weighted by Gasteiger charge is 2.16. The molecule has 0 N–H and O–H groups in total. The number of hydrogen-bond donors (Lipinski definition) is 0. The fourth-order valence-electron chi connectivity index (χ4n) is 3.01. The minimum atomic E-state index is -0.0189. The number of nitrogens with zero attached hydrogens (tertiary/aromatic N) is 4. The zero-order valence-electron chi connectivity index (χ0n) is 14.9. The van der Waals surface area contributed by atoms with Gasteiger partial charge in [-0.1, -0.05) is 31.9 Å². The van der Waals surface area contributed by atoms with Crippen LogP contribution in [-0.4, -0.2) is 32.4 Å². The SMILES string of the molecule is CCCCCn1c(CN(C)C(=O)c2ccncc2)nc2ccccc21. The standard InChI is InChI=1S/C20H24N4O/c1-3-4-7-14-24-18-9-6-5-8-17(18)22-19(24)15-23(2)20(25)16-10-12-21-13-11-16/h5-6,8-13H,3-4,7,14-15H2,1-2H3. The maximum absolute atomic E-state index is 12.6. The van der Waals surface area contributed by atoms with Gasteiger partial charge in [0.25, 0.3) is 5.91 Å². The van der Waals surface area contributed by atoms with Gasteiger partial charge in [0.15, 0.2) is 0 Å². The van der Waals surface area contributed by atoms with Gasteiger partial charge in [-0.05, 0) is 30.7 Å². The summed E-state index contributed by atoms with van der Waals surface area (Å²) in [6.45, 7) is 3.62. The van der Waals surface area contributed by atoms with Gasteiger partial charge < -0.3 is 9.47 Å². The first-order chi connectivity index (χ1) is 12.2. The molecule has 3 aromatic rings. The van der Waals surface area contributed by atoms with E-state index in [9.17, 15) is 4.79 Å². The van der Waals surface area contributed by atoms with Gasteiger partial charge in [0, 0.05) is 31.5 Å². The summed E-state index contributed by atoms with van der Waals surface area (Å²) in [7, 11) is 1.82. The van der Waals surface area contributed by atoms with Crippen LogP contribution in [0.1, 0.15) is 42.4 Å². The monoisotopic (exact) mass is 336 g/mol. The number of rotatable bonds is 7. The van der Waals surface area contributed by atoms with Crippen LogP contribution in [0.2, 0.25) is 0 Å². The van der Waals surface area contributed by atoms with Crippen LogP contribution in [0.25, 0.3) is 11.0 Å². The van der Waals surface area contributed by atoms with Crippen molar-refractivity contribution in [2.24, 2.45) is 0 Å². The second kappa shape index (κ2) is 7.92. The number of hydrogen-bond acceptors (Lipinski definition) is 3. The second-order valence-corrected chi connectivity index (χ2v) is 6.27. The largest absolute Gasteiger partial charge is 0.334 e. The van der Waals surface area contributed by atoms with Crippen molar-refractivity contribution in [1.82, 2.24) is 19.4 Å². The molecule has 130 valence electrons. The van der Waals surface area contributed by atoms with Crippen LogP contribution in [0, 0.1) is 0 Å². The highest BCUT2D eigenvalue weighted by molar-refractivity contribution is 5.93. The van der Waals surface area contributed by atoms with Gasteiger partial charge in [-0.25, -0.2) is 4.98 Å². The van der Waals surface area contributed by atoms with Crippen LogP contribution in [0.5, 0.6) is 0 Å². The first-order valence-electron chi connectivity index (χ1n) is 8.80. The van der Waals surface area contributed by atoms with Crippen molar-refractivity contribution in [1.29, 1.82) is 0 Å². The van der Waals surface area contributed by atoms with Crippen LogP contribution >= 0.6 is 0 Å². The number of carbonyl (C=O) groups is 1. The molecule has 0 radical (unpaired) electrons. The molecule has 2 heterocycles. The van der Waals surface area contributed by atoms with E-state index >= 15 is 0 Å². The molecule has 0 aliphatic rings. The fraction of sp³-hybridized carbons (Fsp3) is 0.350.